The fraction of sp³-hybridized carbons (Fsp3) is 0.143. The number of hydrogen-bond donors (Lipinski definition) is 2. The third-order valence-electron chi connectivity index (χ3n) is 4.12. The van der Waals surface area contributed by atoms with E-state index in [4.69, 9.17) is 5.26 Å². The van der Waals surface area contributed by atoms with Gasteiger partial charge in [-0.15, -0.1) is 0 Å². The smallest absolute Gasteiger partial charge is 0.274 e. The molecule has 0 spiro atoms. The monoisotopic (exact) mass is 357 g/mol. The van der Waals surface area contributed by atoms with Crippen LogP contribution >= 0.6 is 0 Å². The van der Waals surface area contributed by atoms with E-state index in [9.17, 15) is 4.79 Å². The molecule has 1 aromatic heterocycles. The third-order valence-corrected chi connectivity index (χ3v) is 4.12. The van der Waals surface area contributed by atoms with Gasteiger partial charge in [-0.1, -0.05) is 6.07 Å². The first-order valence-electron chi connectivity index (χ1n) is 8.46. The molecule has 6 nitrogen and oxygen atoms in total. The van der Waals surface area contributed by atoms with Crippen LogP contribution in [0.1, 0.15) is 33.0 Å². The third kappa shape index (κ3) is 4.47. The molecule has 2 aromatic carbocycles. The molecule has 0 aliphatic carbocycles. The van der Waals surface area contributed by atoms with Gasteiger partial charge in [0.15, 0.2) is 0 Å². The summed E-state index contributed by atoms with van der Waals surface area (Å²) in [5.41, 5.74) is 4.62. The number of benzene rings is 2. The topological polar surface area (TPSA) is 90.7 Å². The Kier molecular flexibility index (Phi) is 5.13. The maximum absolute atomic E-state index is 12.6. The van der Waals surface area contributed by atoms with Crippen LogP contribution in [-0.4, -0.2) is 15.9 Å². The van der Waals surface area contributed by atoms with E-state index in [0.717, 1.165) is 16.9 Å². The average Bonchev–Trinajstić information content (AvgIpc) is 2.65. The molecule has 134 valence electrons. The lowest BCUT2D eigenvalue weighted by Crippen LogP contribution is -2.15. The molecule has 0 saturated heterocycles. The van der Waals surface area contributed by atoms with E-state index in [1.807, 2.05) is 32.0 Å². The number of nitriles is 1. The summed E-state index contributed by atoms with van der Waals surface area (Å²) in [6.45, 7) is 5.76. The number of anilines is 3. The van der Waals surface area contributed by atoms with Gasteiger partial charge in [0.2, 0.25) is 0 Å². The molecule has 0 saturated carbocycles. The number of nitrogens with zero attached hydrogens (tertiary/aromatic N) is 3. The van der Waals surface area contributed by atoms with E-state index in [2.05, 4.69) is 26.7 Å². The van der Waals surface area contributed by atoms with Crippen LogP contribution in [0.3, 0.4) is 0 Å². The van der Waals surface area contributed by atoms with E-state index >= 15 is 0 Å². The molecule has 6 heteroatoms. The van der Waals surface area contributed by atoms with Gasteiger partial charge < -0.3 is 10.6 Å². The first kappa shape index (κ1) is 18.1. The van der Waals surface area contributed by atoms with Gasteiger partial charge in [0.05, 0.1) is 11.6 Å². The van der Waals surface area contributed by atoms with Crippen molar-refractivity contribution in [2.75, 3.05) is 10.6 Å². The van der Waals surface area contributed by atoms with Gasteiger partial charge in [0.1, 0.15) is 17.3 Å². The molecule has 27 heavy (non-hydrogen) atoms. The van der Waals surface area contributed by atoms with Crippen LogP contribution in [0.2, 0.25) is 0 Å². The maximum Gasteiger partial charge on any atom is 0.274 e. The first-order chi connectivity index (χ1) is 12.9. The average molecular weight is 357 g/mol. The zero-order valence-corrected chi connectivity index (χ0v) is 15.4. The molecule has 3 aromatic rings. The Bertz CT molecular complexity index is 1040. The van der Waals surface area contributed by atoms with Crippen LogP contribution < -0.4 is 10.6 Å². The van der Waals surface area contributed by atoms with E-state index in [1.54, 1.807) is 37.3 Å². The van der Waals surface area contributed by atoms with E-state index < -0.39 is 0 Å². The Hall–Kier alpha value is -3.72. The van der Waals surface area contributed by atoms with Gasteiger partial charge in [-0.3, -0.25) is 4.79 Å². The van der Waals surface area contributed by atoms with Crippen molar-refractivity contribution in [2.45, 2.75) is 20.8 Å². The van der Waals surface area contributed by atoms with Gasteiger partial charge in [-0.25, -0.2) is 9.97 Å². The Morgan fingerprint density at radius 2 is 1.63 bits per heavy atom. The van der Waals surface area contributed by atoms with Crippen molar-refractivity contribution in [1.82, 2.24) is 9.97 Å². The largest absolute Gasteiger partial charge is 0.340 e. The van der Waals surface area contributed by atoms with E-state index in [0.29, 0.717) is 17.2 Å². The summed E-state index contributed by atoms with van der Waals surface area (Å²) in [6, 6.07) is 16.4. The molecule has 0 unspecified atom stereocenters. The fourth-order valence-corrected chi connectivity index (χ4v) is 2.54. The number of nitrogens with one attached hydrogen (secondary N) is 2. The van der Waals surface area contributed by atoms with Crippen molar-refractivity contribution >= 4 is 23.1 Å². The number of rotatable bonds is 4. The molecular weight excluding hydrogens is 338 g/mol. The van der Waals surface area contributed by atoms with Crippen LogP contribution in [0.5, 0.6) is 0 Å². The van der Waals surface area contributed by atoms with Crippen molar-refractivity contribution in [3.8, 4) is 6.07 Å². The minimum Gasteiger partial charge on any atom is -0.340 e. The van der Waals surface area contributed by atoms with Gasteiger partial charge >= 0.3 is 0 Å². The highest BCUT2D eigenvalue weighted by molar-refractivity contribution is 6.03. The summed E-state index contributed by atoms with van der Waals surface area (Å²) < 4.78 is 0. The first-order valence-corrected chi connectivity index (χ1v) is 8.46. The summed E-state index contributed by atoms with van der Waals surface area (Å²) in [4.78, 5) is 21.1. The quantitative estimate of drug-likeness (QED) is 0.728. The molecule has 3 rings (SSSR count). The van der Waals surface area contributed by atoms with E-state index in [1.165, 1.54) is 5.56 Å². The van der Waals surface area contributed by atoms with Crippen LogP contribution in [0, 0.1) is 32.1 Å². The van der Waals surface area contributed by atoms with Crippen LogP contribution in [-0.2, 0) is 0 Å². The minimum atomic E-state index is -0.299. The molecule has 0 aliphatic heterocycles. The van der Waals surface area contributed by atoms with Crippen LogP contribution in [0.15, 0.2) is 48.5 Å². The van der Waals surface area contributed by atoms with Crippen molar-refractivity contribution in [2.24, 2.45) is 0 Å². The highest BCUT2D eigenvalue weighted by Gasteiger charge is 2.11. The summed E-state index contributed by atoms with van der Waals surface area (Å²) in [6.07, 6.45) is 0. The fourth-order valence-electron chi connectivity index (χ4n) is 2.54. The number of aryl methyl sites for hydroxylation is 3. The van der Waals surface area contributed by atoms with Crippen molar-refractivity contribution < 1.29 is 4.79 Å². The highest BCUT2D eigenvalue weighted by atomic mass is 16.1. The molecule has 0 bridgehead atoms. The van der Waals surface area contributed by atoms with Gasteiger partial charge in [0.25, 0.3) is 5.91 Å². The molecule has 0 atom stereocenters. The Labute approximate surface area is 157 Å². The van der Waals surface area contributed by atoms with Crippen LogP contribution in [0.25, 0.3) is 0 Å². The van der Waals surface area contributed by atoms with Gasteiger partial charge in [-0.05, 0) is 68.3 Å². The standard InChI is InChI=1S/C21H19N5O/c1-13-4-7-18(10-14(13)2)26-21(27)19-11-20(24-15(3)23-19)25-17-8-5-16(12-22)6-9-17/h4-11H,1-3H3,(H,26,27)(H,23,24,25). The molecule has 0 fully saturated rings. The number of amides is 1. The summed E-state index contributed by atoms with van der Waals surface area (Å²) in [5.74, 6) is 0.697. The van der Waals surface area contributed by atoms with Gasteiger partial charge in [-0.2, -0.15) is 5.26 Å². The highest BCUT2D eigenvalue weighted by Crippen LogP contribution is 2.18. The summed E-state index contributed by atoms with van der Waals surface area (Å²) in [5, 5.41) is 14.9. The predicted molar refractivity (Wildman–Crippen MR) is 105 cm³/mol. The number of aromatic nitrogens is 2. The normalized spacial score (nSPS) is 10.1. The Balaban J connectivity index is 1.80. The second kappa shape index (κ2) is 7.67. The predicted octanol–water partition coefficient (Wildman–Crippen LogP) is 4.27. The Morgan fingerprint density at radius 1 is 0.926 bits per heavy atom. The van der Waals surface area contributed by atoms with Gasteiger partial charge in [0, 0.05) is 17.4 Å². The SMILES string of the molecule is Cc1nc(Nc2ccc(C#N)cc2)cc(C(=O)Nc2ccc(C)c(C)c2)n1. The second-order valence-corrected chi connectivity index (χ2v) is 6.25. The lowest BCUT2D eigenvalue weighted by Gasteiger charge is -2.10. The molecule has 1 heterocycles. The minimum absolute atomic E-state index is 0.275. The lowest BCUT2D eigenvalue weighted by molar-refractivity contribution is 0.102. The van der Waals surface area contributed by atoms with E-state index in [-0.39, 0.29) is 11.6 Å². The molecular formula is C21H19N5O. The van der Waals surface area contributed by atoms with Crippen molar-refractivity contribution in [3.63, 3.8) is 0 Å². The van der Waals surface area contributed by atoms with Crippen molar-refractivity contribution in [1.29, 1.82) is 5.26 Å². The maximum atomic E-state index is 12.6. The molecule has 0 radical (unpaired) electrons. The molecule has 0 aliphatic rings. The molecule has 1 amide bonds. The van der Waals surface area contributed by atoms with Crippen molar-refractivity contribution in [3.05, 3.63) is 76.7 Å². The number of carbonyl (C=O) groups excluding carboxylic acids is 1. The van der Waals surface area contributed by atoms with Crippen LogP contribution in [0.4, 0.5) is 17.2 Å². The lowest BCUT2D eigenvalue weighted by atomic mass is 10.1. The number of hydrogen-bond acceptors (Lipinski definition) is 5. The number of carbonyl (C=O) groups is 1. The zero-order valence-electron chi connectivity index (χ0n) is 15.4. The zero-order chi connectivity index (χ0) is 19.4. The Morgan fingerprint density at radius 3 is 2.30 bits per heavy atom. The molecule has 2 N–H and O–H groups in total. The summed E-state index contributed by atoms with van der Waals surface area (Å²) in [7, 11) is 0. The summed E-state index contributed by atoms with van der Waals surface area (Å²) >= 11 is 0. The second-order valence-electron chi connectivity index (χ2n) is 6.25.